The molecule has 0 unspecified atom stereocenters. The van der Waals surface area contributed by atoms with E-state index in [2.05, 4.69) is 55.2 Å². The number of hydrogen-bond donors (Lipinski definition) is 0. The highest BCUT2D eigenvalue weighted by molar-refractivity contribution is 5.94. The number of pyridine rings is 1. The van der Waals surface area contributed by atoms with E-state index in [1.807, 2.05) is 48.7 Å². The van der Waals surface area contributed by atoms with Gasteiger partial charge in [-0.2, -0.15) is 5.26 Å². The third kappa shape index (κ3) is 4.12. The minimum Gasteiger partial charge on any atom is -0.489 e. The summed E-state index contributed by atoms with van der Waals surface area (Å²) in [4.78, 5) is 4.63. The molecular weight excluding hydrogens is 356 g/mol. The van der Waals surface area contributed by atoms with Crippen LogP contribution < -0.4 is 4.74 Å². The van der Waals surface area contributed by atoms with Gasteiger partial charge in [-0.25, -0.2) is 0 Å². The fourth-order valence-corrected chi connectivity index (χ4v) is 3.36. The van der Waals surface area contributed by atoms with Gasteiger partial charge in [0.05, 0.1) is 17.1 Å². The normalized spacial score (nSPS) is 10.8. The second-order valence-electron chi connectivity index (χ2n) is 7.42. The van der Waals surface area contributed by atoms with Crippen molar-refractivity contribution in [1.29, 1.82) is 5.26 Å². The SMILES string of the molecule is CC(C)c1cc(-c2cccc(OCc3ccc(C#N)cc3)c2)c2ncccc2c1. The molecule has 1 aromatic heterocycles. The Hall–Kier alpha value is -3.64. The number of ether oxygens (including phenoxy) is 1. The average molecular weight is 378 g/mol. The molecule has 0 fully saturated rings. The Bertz CT molecular complexity index is 1190. The molecule has 0 spiro atoms. The van der Waals surface area contributed by atoms with E-state index in [1.165, 1.54) is 5.56 Å². The van der Waals surface area contributed by atoms with Crippen LogP contribution in [0, 0.1) is 11.3 Å². The molecule has 3 nitrogen and oxygen atoms in total. The highest BCUT2D eigenvalue weighted by atomic mass is 16.5. The van der Waals surface area contributed by atoms with Crippen LogP contribution in [0.4, 0.5) is 0 Å². The van der Waals surface area contributed by atoms with E-state index in [-0.39, 0.29) is 0 Å². The standard InChI is InChI=1S/C26H22N2O/c1-18(2)23-13-22-6-4-12-28-26(22)25(15-23)21-5-3-7-24(14-21)29-17-20-10-8-19(16-27)9-11-20/h3-15,18H,17H2,1-2H3. The van der Waals surface area contributed by atoms with Crippen molar-refractivity contribution in [3.63, 3.8) is 0 Å². The van der Waals surface area contributed by atoms with Gasteiger partial charge < -0.3 is 4.74 Å². The Morgan fingerprint density at radius 3 is 2.55 bits per heavy atom. The van der Waals surface area contributed by atoms with E-state index in [0.717, 1.165) is 33.3 Å². The minimum atomic E-state index is 0.439. The van der Waals surface area contributed by atoms with Crippen LogP contribution in [-0.4, -0.2) is 4.98 Å². The Balaban J connectivity index is 1.65. The van der Waals surface area contributed by atoms with Crippen molar-refractivity contribution in [2.24, 2.45) is 0 Å². The first-order valence-corrected chi connectivity index (χ1v) is 9.75. The second-order valence-corrected chi connectivity index (χ2v) is 7.42. The number of fused-ring (bicyclic) bond motifs is 1. The van der Waals surface area contributed by atoms with Crippen LogP contribution in [0.1, 0.15) is 36.5 Å². The van der Waals surface area contributed by atoms with Crippen LogP contribution in [-0.2, 0) is 6.61 Å². The summed E-state index contributed by atoms with van der Waals surface area (Å²) in [6.07, 6.45) is 1.84. The van der Waals surface area contributed by atoms with Gasteiger partial charge in [0.1, 0.15) is 12.4 Å². The first kappa shape index (κ1) is 18.7. The van der Waals surface area contributed by atoms with Gasteiger partial charge in [0.15, 0.2) is 0 Å². The number of rotatable bonds is 5. The molecule has 0 aliphatic heterocycles. The average Bonchev–Trinajstić information content (AvgIpc) is 2.77. The molecule has 0 aliphatic carbocycles. The van der Waals surface area contributed by atoms with E-state index in [1.54, 1.807) is 0 Å². The summed E-state index contributed by atoms with van der Waals surface area (Å²) < 4.78 is 6.01. The molecule has 29 heavy (non-hydrogen) atoms. The van der Waals surface area contributed by atoms with Crippen LogP contribution in [0.5, 0.6) is 5.75 Å². The van der Waals surface area contributed by atoms with Crippen molar-refractivity contribution in [1.82, 2.24) is 4.98 Å². The lowest BCUT2D eigenvalue weighted by molar-refractivity contribution is 0.306. The lowest BCUT2D eigenvalue weighted by atomic mass is 9.94. The monoisotopic (exact) mass is 378 g/mol. The van der Waals surface area contributed by atoms with Crippen LogP contribution in [0.15, 0.2) is 79.0 Å². The number of aromatic nitrogens is 1. The van der Waals surface area contributed by atoms with E-state index in [4.69, 9.17) is 10.00 Å². The summed E-state index contributed by atoms with van der Waals surface area (Å²) in [6.45, 7) is 4.87. The van der Waals surface area contributed by atoms with E-state index in [9.17, 15) is 0 Å². The summed E-state index contributed by atoms with van der Waals surface area (Å²) in [5, 5.41) is 10.1. The van der Waals surface area contributed by atoms with Gasteiger partial charge in [0, 0.05) is 17.1 Å². The van der Waals surface area contributed by atoms with Gasteiger partial charge in [-0.15, -0.1) is 0 Å². The van der Waals surface area contributed by atoms with Crippen molar-refractivity contribution in [2.75, 3.05) is 0 Å². The van der Waals surface area contributed by atoms with Crippen molar-refractivity contribution >= 4 is 10.9 Å². The number of benzene rings is 3. The molecule has 142 valence electrons. The lowest BCUT2D eigenvalue weighted by Gasteiger charge is -2.13. The van der Waals surface area contributed by atoms with Gasteiger partial charge in [-0.1, -0.05) is 44.2 Å². The molecule has 0 amide bonds. The van der Waals surface area contributed by atoms with Crippen molar-refractivity contribution in [3.05, 3.63) is 95.7 Å². The molecule has 0 aliphatic rings. The molecule has 0 atom stereocenters. The highest BCUT2D eigenvalue weighted by Crippen LogP contribution is 2.33. The van der Waals surface area contributed by atoms with Crippen molar-refractivity contribution in [2.45, 2.75) is 26.4 Å². The third-order valence-corrected chi connectivity index (χ3v) is 5.03. The molecule has 4 aromatic rings. The predicted octanol–water partition coefficient (Wildman–Crippen LogP) is 6.48. The first-order chi connectivity index (χ1) is 14.1. The molecule has 0 N–H and O–H groups in total. The van der Waals surface area contributed by atoms with Gasteiger partial charge in [-0.05, 0) is 65.1 Å². The first-order valence-electron chi connectivity index (χ1n) is 9.75. The Morgan fingerprint density at radius 2 is 1.79 bits per heavy atom. The maximum Gasteiger partial charge on any atom is 0.120 e. The predicted molar refractivity (Wildman–Crippen MR) is 117 cm³/mol. The quantitative estimate of drug-likeness (QED) is 0.399. The zero-order valence-corrected chi connectivity index (χ0v) is 16.6. The van der Waals surface area contributed by atoms with Crippen LogP contribution in [0.2, 0.25) is 0 Å². The fraction of sp³-hybridized carbons (Fsp3) is 0.154. The minimum absolute atomic E-state index is 0.439. The molecule has 3 aromatic carbocycles. The van der Waals surface area contributed by atoms with Crippen LogP contribution in [0.3, 0.4) is 0 Å². The zero-order valence-electron chi connectivity index (χ0n) is 16.6. The zero-order chi connectivity index (χ0) is 20.2. The van der Waals surface area contributed by atoms with Gasteiger partial charge in [0.2, 0.25) is 0 Å². The molecular formula is C26H22N2O. The largest absolute Gasteiger partial charge is 0.489 e. The Morgan fingerprint density at radius 1 is 0.966 bits per heavy atom. The molecule has 3 heteroatoms. The molecule has 0 saturated heterocycles. The maximum atomic E-state index is 8.92. The van der Waals surface area contributed by atoms with Crippen molar-refractivity contribution in [3.8, 4) is 22.9 Å². The van der Waals surface area contributed by atoms with Crippen molar-refractivity contribution < 1.29 is 4.74 Å². The lowest BCUT2D eigenvalue weighted by Crippen LogP contribution is -1.96. The van der Waals surface area contributed by atoms with Gasteiger partial charge >= 0.3 is 0 Å². The topological polar surface area (TPSA) is 45.9 Å². The number of nitrogens with zero attached hydrogens (tertiary/aromatic N) is 2. The number of hydrogen-bond acceptors (Lipinski definition) is 3. The van der Waals surface area contributed by atoms with Crippen LogP contribution in [0.25, 0.3) is 22.0 Å². The summed E-state index contributed by atoms with van der Waals surface area (Å²) in [5.41, 5.74) is 6.19. The second kappa shape index (κ2) is 8.16. The van der Waals surface area contributed by atoms with E-state index >= 15 is 0 Å². The summed E-state index contributed by atoms with van der Waals surface area (Å²) in [6, 6.07) is 26.3. The Labute approximate surface area is 171 Å². The smallest absolute Gasteiger partial charge is 0.120 e. The Kier molecular flexibility index (Phi) is 5.27. The van der Waals surface area contributed by atoms with Gasteiger partial charge in [0.25, 0.3) is 0 Å². The van der Waals surface area contributed by atoms with Gasteiger partial charge in [-0.3, -0.25) is 4.98 Å². The summed E-state index contributed by atoms with van der Waals surface area (Å²) >= 11 is 0. The molecule has 0 radical (unpaired) electrons. The van der Waals surface area contributed by atoms with E-state index in [0.29, 0.717) is 18.1 Å². The maximum absolute atomic E-state index is 8.92. The van der Waals surface area contributed by atoms with Crippen LogP contribution >= 0.6 is 0 Å². The molecule has 0 saturated carbocycles. The fourth-order valence-electron chi connectivity index (χ4n) is 3.36. The highest BCUT2D eigenvalue weighted by Gasteiger charge is 2.10. The summed E-state index contributed by atoms with van der Waals surface area (Å²) in [5.74, 6) is 1.25. The number of nitriles is 1. The van der Waals surface area contributed by atoms with E-state index < -0.39 is 0 Å². The third-order valence-electron chi connectivity index (χ3n) is 5.03. The molecule has 1 heterocycles. The molecule has 0 bridgehead atoms. The summed E-state index contributed by atoms with van der Waals surface area (Å²) in [7, 11) is 0. The molecule has 4 rings (SSSR count).